The predicted molar refractivity (Wildman–Crippen MR) is 108 cm³/mol. The molecule has 0 aromatic carbocycles. The number of hydrogen-bond acceptors (Lipinski definition) is 3. The van der Waals surface area contributed by atoms with Gasteiger partial charge in [-0.3, -0.25) is 9.59 Å². The molecule has 0 amide bonds. The molecule has 0 aromatic heterocycles. The Balaban J connectivity index is 1.91. The Hall–Kier alpha value is -1.38. The minimum absolute atomic E-state index is 0.0300. The molecule has 3 rings (SSSR count). The van der Waals surface area contributed by atoms with Gasteiger partial charge in [0, 0.05) is 42.7 Å². The first-order valence-corrected chi connectivity index (χ1v) is 10.8. The third-order valence-electron chi connectivity index (χ3n) is 6.30. The standard InChI is InChI=1S/C24H36O3/c1-6-7-8-9-10-11-16-21-17(25)12-23(2,3)14-19(21)27-20-15-24(4,5)13-18(26)22(16)20/h16H,6-15H2,1-5H3. The molecule has 150 valence electrons. The first-order chi connectivity index (χ1) is 12.6. The zero-order chi connectivity index (χ0) is 19.8. The SMILES string of the molecule is CCCCCCCC1C2=C(CC(C)(C)CC2=O)OC2=C1C(=O)CC(C)(C)C2. The summed E-state index contributed by atoms with van der Waals surface area (Å²) in [7, 11) is 0. The molecule has 3 nitrogen and oxygen atoms in total. The first-order valence-electron chi connectivity index (χ1n) is 10.8. The maximum atomic E-state index is 13.0. The van der Waals surface area contributed by atoms with Gasteiger partial charge in [0.15, 0.2) is 11.6 Å². The van der Waals surface area contributed by atoms with E-state index in [4.69, 9.17) is 4.74 Å². The minimum Gasteiger partial charge on any atom is -0.465 e. The van der Waals surface area contributed by atoms with E-state index in [1.807, 2.05) is 0 Å². The van der Waals surface area contributed by atoms with E-state index >= 15 is 0 Å². The van der Waals surface area contributed by atoms with Crippen molar-refractivity contribution in [1.29, 1.82) is 0 Å². The van der Waals surface area contributed by atoms with Gasteiger partial charge in [-0.1, -0.05) is 66.7 Å². The molecule has 1 aliphatic heterocycles. The maximum absolute atomic E-state index is 13.0. The number of Topliss-reactive ketones (excluding diaryl/α,β-unsaturated/α-hetero) is 2. The Labute approximate surface area is 164 Å². The quantitative estimate of drug-likeness (QED) is 0.515. The van der Waals surface area contributed by atoms with Gasteiger partial charge in [-0.2, -0.15) is 0 Å². The first kappa shape index (κ1) is 20.4. The second-order valence-corrected chi connectivity index (χ2v) is 10.4. The van der Waals surface area contributed by atoms with Crippen molar-refractivity contribution in [2.75, 3.05) is 0 Å². The molecule has 0 unspecified atom stereocenters. The monoisotopic (exact) mass is 372 g/mol. The van der Waals surface area contributed by atoms with E-state index in [-0.39, 0.29) is 28.3 Å². The van der Waals surface area contributed by atoms with Gasteiger partial charge in [0.05, 0.1) is 0 Å². The lowest BCUT2D eigenvalue weighted by atomic mass is 9.66. The number of ether oxygens (including phenoxy) is 1. The van der Waals surface area contributed by atoms with Crippen LogP contribution in [0.5, 0.6) is 0 Å². The van der Waals surface area contributed by atoms with Gasteiger partial charge in [0.25, 0.3) is 0 Å². The number of unbranched alkanes of at least 4 members (excludes halogenated alkanes) is 4. The molecular formula is C24H36O3. The highest BCUT2D eigenvalue weighted by atomic mass is 16.5. The zero-order valence-corrected chi connectivity index (χ0v) is 17.9. The Morgan fingerprint density at radius 1 is 0.778 bits per heavy atom. The number of ketones is 2. The van der Waals surface area contributed by atoms with Crippen molar-refractivity contribution in [3.63, 3.8) is 0 Å². The highest BCUT2D eigenvalue weighted by molar-refractivity contribution is 6.04. The van der Waals surface area contributed by atoms with Crippen molar-refractivity contribution in [2.24, 2.45) is 16.7 Å². The van der Waals surface area contributed by atoms with E-state index in [1.54, 1.807) is 0 Å². The fraction of sp³-hybridized carbons (Fsp3) is 0.750. The third kappa shape index (κ3) is 4.38. The van der Waals surface area contributed by atoms with Crippen LogP contribution in [0.1, 0.15) is 98.8 Å². The molecule has 0 spiro atoms. The Morgan fingerprint density at radius 2 is 1.26 bits per heavy atom. The van der Waals surface area contributed by atoms with Crippen molar-refractivity contribution >= 4 is 11.6 Å². The Bertz CT molecular complexity index is 638. The summed E-state index contributed by atoms with van der Waals surface area (Å²) in [6.45, 7) is 10.8. The average Bonchev–Trinajstić information content (AvgIpc) is 2.50. The van der Waals surface area contributed by atoms with Gasteiger partial charge in [-0.25, -0.2) is 0 Å². The van der Waals surface area contributed by atoms with E-state index in [0.717, 1.165) is 48.3 Å². The van der Waals surface area contributed by atoms with Crippen molar-refractivity contribution in [3.8, 4) is 0 Å². The Kier molecular flexibility index (Phi) is 5.70. The molecule has 0 aromatic rings. The molecule has 0 fully saturated rings. The molecule has 0 N–H and O–H groups in total. The van der Waals surface area contributed by atoms with Gasteiger partial charge >= 0.3 is 0 Å². The van der Waals surface area contributed by atoms with Crippen LogP contribution in [0.4, 0.5) is 0 Å². The molecular weight excluding hydrogens is 336 g/mol. The summed E-state index contributed by atoms with van der Waals surface area (Å²) < 4.78 is 6.30. The lowest BCUT2D eigenvalue weighted by Gasteiger charge is -2.42. The molecule has 0 saturated carbocycles. The van der Waals surface area contributed by atoms with Crippen LogP contribution in [0, 0.1) is 16.7 Å². The topological polar surface area (TPSA) is 43.4 Å². The van der Waals surface area contributed by atoms with Crippen LogP contribution >= 0.6 is 0 Å². The normalized spacial score (nSPS) is 24.6. The number of allylic oxidation sites excluding steroid dienone is 4. The summed E-state index contributed by atoms with van der Waals surface area (Å²) in [4.78, 5) is 26.1. The van der Waals surface area contributed by atoms with Crippen LogP contribution in [0.3, 0.4) is 0 Å². The molecule has 3 aliphatic rings. The van der Waals surface area contributed by atoms with Crippen LogP contribution < -0.4 is 0 Å². The highest BCUT2D eigenvalue weighted by Crippen LogP contribution is 2.51. The fourth-order valence-corrected chi connectivity index (χ4v) is 5.05. The van der Waals surface area contributed by atoms with E-state index in [9.17, 15) is 9.59 Å². The van der Waals surface area contributed by atoms with E-state index in [2.05, 4.69) is 34.6 Å². The van der Waals surface area contributed by atoms with E-state index in [1.165, 1.54) is 25.7 Å². The maximum Gasteiger partial charge on any atom is 0.163 e. The predicted octanol–water partition coefficient (Wildman–Crippen LogP) is 6.28. The summed E-state index contributed by atoms with van der Waals surface area (Å²) in [6, 6.07) is 0. The molecule has 3 heteroatoms. The van der Waals surface area contributed by atoms with Crippen LogP contribution in [-0.4, -0.2) is 11.6 Å². The van der Waals surface area contributed by atoms with Crippen molar-refractivity contribution in [3.05, 3.63) is 22.7 Å². The summed E-state index contributed by atoms with van der Waals surface area (Å²) in [5, 5.41) is 0. The fourth-order valence-electron chi connectivity index (χ4n) is 5.05. The van der Waals surface area contributed by atoms with Crippen molar-refractivity contribution in [1.82, 2.24) is 0 Å². The van der Waals surface area contributed by atoms with Crippen molar-refractivity contribution in [2.45, 2.75) is 98.8 Å². The number of carbonyl (C=O) groups is 2. The molecule has 0 saturated heterocycles. The van der Waals surface area contributed by atoms with Gasteiger partial charge in [-0.15, -0.1) is 0 Å². The van der Waals surface area contributed by atoms with E-state index < -0.39 is 0 Å². The van der Waals surface area contributed by atoms with Gasteiger partial charge in [0.1, 0.15) is 11.5 Å². The van der Waals surface area contributed by atoms with Gasteiger partial charge in [-0.05, 0) is 17.3 Å². The summed E-state index contributed by atoms with van der Waals surface area (Å²) in [5.41, 5.74) is 1.54. The number of carbonyl (C=O) groups excluding carboxylic acids is 2. The zero-order valence-electron chi connectivity index (χ0n) is 17.9. The van der Waals surface area contributed by atoms with Crippen LogP contribution in [0.25, 0.3) is 0 Å². The molecule has 27 heavy (non-hydrogen) atoms. The summed E-state index contributed by atoms with van der Waals surface area (Å²) in [6.07, 6.45) is 9.59. The van der Waals surface area contributed by atoms with Crippen LogP contribution in [0.15, 0.2) is 22.7 Å². The largest absolute Gasteiger partial charge is 0.465 e. The molecule has 2 aliphatic carbocycles. The molecule has 0 radical (unpaired) electrons. The van der Waals surface area contributed by atoms with Crippen molar-refractivity contribution < 1.29 is 14.3 Å². The molecule has 0 bridgehead atoms. The molecule has 1 heterocycles. The Morgan fingerprint density at radius 3 is 1.74 bits per heavy atom. The minimum atomic E-state index is -0.0617. The summed E-state index contributed by atoms with van der Waals surface area (Å²) in [5.74, 6) is 2.09. The average molecular weight is 373 g/mol. The third-order valence-corrected chi connectivity index (χ3v) is 6.30. The number of rotatable bonds is 6. The molecule has 0 atom stereocenters. The number of hydrogen-bond donors (Lipinski definition) is 0. The van der Waals surface area contributed by atoms with E-state index in [0.29, 0.717) is 12.8 Å². The van der Waals surface area contributed by atoms with Crippen LogP contribution in [0.2, 0.25) is 0 Å². The van der Waals surface area contributed by atoms with Gasteiger partial charge < -0.3 is 4.74 Å². The lowest BCUT2D eigenvalue weighted by molar-refractivity contribution is -0.120. The second-order valence-electron chi connectivity index (χ2n) is 10.4. The highest BCUT2D eigenvalue weighted by Gasteiger charge is 2.46. The summed E-state index contributed by atoms with van der Waals surface area (Å²) >= 11 is 0. The second kappa shape index (κ2) is 7.56. The van der Waals surface area contributed by atoms with Crippen LogP contribution in [-0.2, 0) is 14.3 Å². The van der Waals surface area contributed by atoms with Gasteiger partial charge in [0.2, 0.25) is 0 Å². The lowest BCUT2D eigenvalue weighted by Crippen LogP contribution is -2.38. The smallest absolute Gasteiger partial charge is 0.163 e.